The van der Waals surface area contributed by atoms with Crippen LogP contribution in [0.4, 0.5) is 11.4 Å². The van der Waals surface area contributed by atoms with Gasteiger partial charge in [0, 0.05) is 35.2 Å². The van der Waals surface area contributed by atoms with E-state index in [4.69, 9.17) is 0 Å². The number of nitrogens with one attached hydrogen (secondary N) is 4. The number of hydrogen-bond acceptors (Lipinski definition) is 6. The normalized spacial score (nSPS) is 11.0. The zero-order chi connectivity index (χ0) is 20.2. The zero-order valence-electron chi connectivity index (χ0n) is 17.9. The third-order valence-corrected chi connectivity index (χ3v) is 6.33. The average Bonchev–Trinajstić information content (AvgIpc) is 3.44. The minimum atomic E-state index is 1.06. The number of unbranched alkanes of at least 4 members (excludes halogenated alkanes) is 6. The van der Waals surface area contributed by atoms with Crippen molar-refractivity contribution in [3.8, 4) is 0 Å². The van der Waals surface area contributed by atoms with Crippen LogP contribution in [0.25, 0.3) is 0 Å². The monoisotopic (exact) mass is 436 g/mol. The molecule has 0 fully saturated rings. The van der Waals surface area contributed by atoms with Crippen molar-refractivity contribution in [2.45, 2.75) is 57.8 Å². The van der Waals surface area contributed by atoms with Crippen molar-refractivity contribution >= 4 is 34.0 Å². The number of rotatable bonds is 20. The lowest BCUT2D eigenvalue weighted by molar-refractivity contribution is 0.544. The van der Waals surface area contributed by atoms with Gasteiger partial charge in [-0.15, -0.1) is 0 Å². The van der Waals surface area contributed by atoms with Gasteiger partial charge in [-0.3, -0.25) is 0 Å². The van der Waals surface area contributed by atoms with Gasteiger partial charge in [0.2, 0.25) is 0 Å². The number of anilines is 2. The van der Waals surface area contributed by atoms with Gasteiger partial charge >= 0.3 is 0 Å². The molecule has 0 radical (unpaired) electrons. The summed E-state index contributed by atoms with van der Waals surface area (Å²) in [6.07, 6.45) is 11.8. The molecule has 0 bridgehead atoms. The first-order chi connectivity index (χ1) is 14.4. The molecule has 2 heterocycles. The van der Waals surface area contributed by atoms with Gasteiger partial charge in [-0.25, -0.2) is 0 Å². The predicted octanol–water partition coefficient (Wildman–Crippen LogP) is 6.02. The number of hydrogen-bond donors (Lipinski definition) is 4. The molecule has 0 amide bonds. The van der Waals surface area contributed by atoms with E-state index in [0.29, 0.717) is 0 Å². The van der Waals surface area contributed by atoms with Crippen molar-refractivity contribution in [1.29, 1.82) is 0 Å². The summed E-state index contributed by atoms with van der Waals surface area (Å²) in [4.78, 5) is 0. The molecule has 0 unspecified atom stereocenters. The minimum absolute atomic E-state index is 1.06. The van der Waals surface area contributed by atoms with Gasteiger partial charge in [0.05, 0.1) is 0 Å². The Kier molecular flexibility index (Phi) is 14.8. The Morgan fingerprint density at radius 3 is 1.41 bits per heavy atom. The van der Waals surface area contributed by atoms with Crippen LogP contribution < -0.4 is 21.3 Å². The summed E-state index contributed by atoms with van der Waals surface area (Å²) in [5, 5.41) is 22.6. The lowest BCUT2D eigenvalue weighted by atomic mass is 10.1. The summed E-state index contributed by atoms with van der Waals surface area (Å²) in [5.41, 5.74) is 2.53. The maximum Gasteiger partial charge on any atom is 0.0448 e. The van der Waals surface area contributed by atoms with E-state index < -0.39 is 0 Å². The fourth-order valence-corrected chi connectivity index (χ4v) is 4.47. The maximum atomic E-state index is 3.59. The second kappa shape index (κ2) is 17.8. The molecule has 29 heavy (non-hydrogen) atoms. The highest BCUT2D eigenvalue weighted by Gasteiger charge is 1.95. The molecule has 2 aromatic heterocycles. The van der Waals surface area contributed by atoms with Crippen molar-refractivity contribution in [2.24, 2.45) is 0 Å². The van der Waals surface area contributed by atoms with Gasteiger partial charge in [-0.1, -0.05) is 25.7 Å². The quantitative estimate of drug-likeness (QED) is 0.192. The highest BCUT2D eigenvalue weighted by molar-refractivity contribution is 7.08. The molecule has 0 aliphatic rings. The first-order valence-electron chi connectivity index (χ1n) is 11.4. The molecule has 164 valence electrons. The Labute approximate surface area is 185 Å². The maximum absolute atomic E-state index is 3.59. The van der Waals surface area contributed by atoms with E-state index >= 15 is 0 Å². The van der Waals surface area contributed by atoms with E-state index in [0.717, 1.165) is 26.2 Å². The standard InChI is InChI=1S/C23H40N4S2/c1(3-6-13-25-15-9-17-27-23-11-19-29-21-23)2-5-12-24-14-7-4-8-16-26-22-10-18-28-20-22/h10-11,18-21,24-27H,1-9,12-17H2. The van der Waals surface area contributed by atoms with E-state index in [1.54, 1.807) is 22.7 Å². The van der Waals surface area contributed by atoms with Gasteiger partial charge in [0.1, 0.15) is 0 Å². The van der Waals surface area contributed by atoms with Crippen LogP contribution in [0.15, 0.2) is 33.7 Å². The molecule has 4 N–H and O–H groups in total. The number of thiophene rings is 2. The van der Waals surface area contributed by atoms with Crippen molar-refractivity contribution in [2.75, 3.05) is 49.9 Å². The summed E-state index contributed by atoms with van der Waals surface area (Å²) in [5.74, 6) is 0. The van der Waals surface area contributed by atoms with Crippen LogP contribution in [0, 0.1) is 0 Å². The van der Waals surface area contributed by atoms with Crippen LogP contribution in [0.1, 0.15) is 57.8 Å². The lowest BCUT2D eigenvalue weighted by Crippen LogP contribution is -2.19. The highest BCUT2D eigenvalue weighted by atomic mass is 32.1. The molecule has 0 aliphatic heterocycles. The Bertz CT molecular complexity index is 507. The van der Waals surface area contributed by atoms with E-state index in [-0.39, 0.29) is 0 Å². The average molecular weight is 437 g/mol. The predicted molar refractivity (Wildman–Crippen MR) is 133 cm³/mol. The summed E-state index contributed by atoms with van der Waals surface area (Å²) in [7, 11) is 0. The van der Waals surface area contributed by atoms with E-state index in [1.165, 1.54) is 82.3 Å². The van der Waals surface area contributed by atoms with Crippen molar-refractivity contribution < 1.29 is 0 Å². The third kappa shape index (κ3) is 13.7. The first-order valence-corrected chi connectivity index (χ1v) is 13.3. The van der Waals surface area contributed by atoms with Crippen LogP contribution in [0.3, 0.4) is 0 Å². The fraction of sp³-hybridized carbons (Fsp3) is 0.652. The van der Waals surface area contributed by atoms with Crippen molar-refractivity contribution in [3.05, 3.63) is 33.7 Å². The van der Waals surface area contributed by atoms with Crippen LogP contribution in [-0.2, 0) is 0 Å². The van der Waals surface area contributed by atoms with Crippen LogP contribution in [0.2, 0.25) is 0 Å². The van der Waals surface area contributed by atoms with Gasteiger partial charge in [0.25, 0.3) is 0 Å². The summed E-state index contributed by atoms with van der Waals surface area (Å²) in [6, 6.07) is 4.29. The molecular formula is C23H40N4S2. The Hall–Kier alpha value is -1.08. The van der Waals surface area contributed by atoms with Gasteiger partial charge in [-0.05, 0) is 81.2 Å². The fourth-order valence-electron chi connectivity index (χ4n) is 3.24. The smallest absolute Gasteiger partial charge is 0.0448 e. The van der Waals surface area contributed by atoms with Crippen LogP contribution >= 0.6 is 22.7 Å². The molecule has 0 aliphatic carbocycles. The Balaban J connectivity index is 1.19. The molecule has 0 aromatic carbocycles. The van der Waals surface area contributed by atoms with Gasteiger partial charge in [-0.2, -0.15) is 22.7 Å². The molecule has 0 saturated carbocycles. The molecule has 6 heteroatoms. The zero-order valence-corrected chi connectivity index (χ0v) is 19.5. The van der Waals surface area contributed by atoms with Gasteiger partial charge in [0.15, 0.2) is 0 Å². The van der Waals surface area contributed by atoms with E-state index in [2.05, 4.69) is 54.9 Å². The molecule has 4 nitrogen and oxygen atoms in total. The second-order valence-corrected chi connectivity index (χ2v) is 9.12. The summed E-state index contributed by atoms with van der Waals surface area (Å²) in [6.45, 7) is 6.79. The summed E-state index contributed by atoms with van der Waals surface area (Å²) >= 11 is 3.50. The third-order valence-electron chi connectivity index (χ3n) is 4.97. The van der Waals surface area contributed by atoms with E-state index in [1.807, 2.05) is 0 Å². The SMILES string of the molecule is c1cc(NCCCCCNCCCCCCCNCCCNc2ccsc2)cs1. The molecular weight excluding hydrogens is 396 g/mol. The molecule has 0 saturated heterocycles. The van der Waals surface area contributed by atoms with Crippen molar-refractivity contribution in [3.63, 3.8) is 0 Å². The highest BCUT2D eigenvalue weighted by Crippen LogP contribution is 2.12. The molecule has 2 aromatic rings. The lowest BCUT2D eigenvalue weighted by Gasteiger charge is -2.07. The second-order valence-electron chi connectivity index (χ2n) is 7.56. The summed E-state index contributed by atoms with van der Waals surface area (Å²) < 4.78 is 0. The first kappa shape index (κ1) is 24.2. The van der Waals surface area contributed by atoms with Crippen LogP contribution in [0.5, 0.6) is 0 Å². The molecule has 0 spiro atoms. The van der Waals surface area contributed by atoms with Crippen LogP contribution in [-0.4, -0.2) is 39.3 Å². The molecule has 2 rings (SSSR count). The molecule has 0 atom stereocenters. The van der Waals surface area contributed by atoms with E-state index in [9.17, 15) is 0 Å². The van der Waals surface area contributed by atoms with Gasteiger partial charge < -0.3 is 21.3 Å². The Morgan fingerprint density at radius 1 is 0.483 bits per heavy atom. The largest absolute Gasteiger partial charge is 0.384 e. The Morgan fingerprint density at radius 2 is 0.897 bits per heavy atom. The van der Waals surface area contributed by atoms with Crippen molar-refractivity contribution in [1.82, 2.24) is 10.6 Å². The minimum Gasteiger partial charge on any atom is -0.384 e. The topological polar surface area (TPSA) is 48.1 Å².